The molecule has 0 aromatic carbocycles. The fraction of sp³-hybridized carbons (Fsp3) is 0. The van der Waals surface area contributed by atoms with Crippen molar-refractivity contribution in [1.82, 2.24) is 0 Å². The first-order chi connectivity index (χ1) is 0. The minimum Gasteiger partial charge on any atom is -2.00 e. The second kappa shape index (κ2) is 31.9. The van der Waals surface area contributed by atoms with Gasteiger partial charge in [-0.1, -0.05) is 0 Å². The molecule has 0 heterocycles. The van der Waals surface area contributed by atoms with Crippen molar-refractivity contribution in [1.29, 1.82) is 0 Å². The summed E-state index contributed by atoms with van der Waals surface area (Å²) in [5.74, 6) is 0. The third kappa shape index (κ3) is 21.3. The van der Waals surface area contributed by atoms with Crippen molar-refractivity contribution in [3.63, 3.8) is 0 Å². The second-order valence-corrected chi connectivity index (χ2v) is 0. The average molecular weight is 291 g/mol. The van der Waals surface area contributed by atoms with Crippen LogP contribution in [0.25, 0.3) is 0 Å². The predicted octanol–water partition coefficient (Wildman–Crippen LogP) is -0.129. The number of hydrogen-bond acceptors (Lipinski definition) is 0. The normalized spacial score (nSPS) is 0. The van der Waals surface area contributed by atoms with Crippen molar-refractivity contribution in [2.24, 2.45) is 0 Å². The minimum atomic E-state index is 0. The van der Waals surface area contributed by atoms with Gasteiger partial charge in [-0.15, -0.1) is 0 Å². The number of hydrogen-bond donors (Lipinski definition) is 0. The van der Waals surface area contributed by atoms with Crippen LogP contribution in [0.4, 0.5) is 0 Å². The zero-order valence-electron chi connectivity index (χ0n) is 1.86. The quantitative estimate of drug-likeness (QED) is 0.556. The van der Waals surface area contributed by atoms with E-state index < -0.39 is 0 Å². The number of rotatable bonds is 0. The average Bonchev–Trinajstić information content (AvgIpc) is 0. The SMILES string of the molecule is [Ag+].[Cu+2].[Fe+2].[O-2].[Ti+4]. The smallest absolute Gasteiger partial charge is 2.00 e. The van der Waals surface area contributed by atoms with Crippen molar-refractivity contribution >= 4 is 0 Å². The summed E-state index contributed by atoms with van der Waals surface area (Å²) in [7, 11) is 0. The molecular weight excluding hydrogens is 291 g/mol. The van der Waals surface area contributed by atoms with Crippen molar-refractivity contribution in [3.8, 4) is 0 Å². The van der Waals surface area contributed by atoms with Crippen LogP contribution in [0.15, 0.2) is 0 Å². The molecule has 0 aromatic heterocycles. The van der Waals surface area contributed by atoms with Gasteiger partial charge in [-0.05, 0) is 0 Å². The van der Waals surface area contributed by atoms with Crippen LogP contribution >= 0.6 is 0 Å². The molecule has 1 nitrogen and oxygen atoms in total. The Hall–Kier alpha value is 2.45. The summed E-state index contributed by atoms with van der Waals surface area (Å²) in [5, 5.41) is 0. The summed E-state index contributed by atoms with van der Waals surface area (Å²) in [6, 6.07) is 0. The van der Waals surface area contributed by atoms with Crippen LogP contribution in [0.1, 0.15) is 0 Å². The van der Waals surface area contributed by atoms with Gasteiger partial charge in [-0.3, -0.25) is 0 Å². The fourth-order valence-electron chi connectivity index (χ4n) is 0. The molecule has 0 aliphatic heterocycles. The minimum absolute atomic E-state index is 0. The van der Waals surface area contributed by atoms with Gasteiger partial charge in [-0.25, -0.2) is 0 Å². The zero-order valence-corrected chi connectivity index (χ0v) is 6.95. The summed E-state index contributed by atoms with van der Waals surface area (Å²) in [6.45, 7) is 0. The molecule has 0 saturated carbocycles. The van der Waals surface area contributed by atoms with E-state index in [1.54, 1.807) is 0 Å². The summed E-state index contributed by atoms with van der Waals surface area (Å²) in [6.07, 6.45) is 0. The van der Waals surface area contributed by atoms with Gasteiger partial charge in [0.15, 0.2) is 0 Å². The topological polar surface area (TPSA) is 28.5 Å². The Morgan fingerprint density at radius 1 is 1.00 bits per heavy atom. The molecule has 1 radical (unpaired) electrons. The van der Waals surface area contributed by atoms with E-state index in [-0.39, 0.29) is 83.7 Å². The molecule has 0 atom stereocenters. The van der Waals surface area contributed by atoms with Crippen LogP contribution in [0, 0.1) is 0 Å². The third-order valence-corrected chi connectivity index (χ3v) is 0. The van der Waals surface area contributed by atoms with Gasteiger partial charge in [0.2, 0.25) is 0 Å². The third-order valence-electron chi connectivity index (χ3n) is 0. The molecule has 0 bridgehead atoms. The van der Waals surface area contributed by atoms with E-state index in [0.717, 1.165) is 0 Å². The Labute approximate surface area is 82.7 Å². The molecule has 0 N–H and O–H groups in total. The van der Waals surface area contributed by atoms with Crippen LogP contribution in [0.3, 0.4) is 0 Å². The fourth-order valence-corrected chi connectivity index (χ4v) is 0. The molecule has 0 spiro atoms. The molecule has 33 valence electrons. The van der Waals surface area contributed by atoms with E-state index >= 15 is 0 Å². The van der Waals surface area contributed by atoms with Crippen LogP contribution in [0.2, 0.25) is 0 Å². The van der Waals surface area contributed by atoms with E-state index in [1.165, 1.54) is 0 Å². The Kier molecular flexibility index (Phi) is 329. The van der Waals surface area contributed by atoms with E-state index in [4.69, 9.17) is 0 Å². The van der Waals surface area contributed by atoms with Gasteiger partial charge in [0.05, 0.1) is 0 Å². The Bertz CT molecular complexity index is 11.6. The second-order valence-electron chi connectivity index (χ2n) is 0. The van der Waals surface area contributed by atoms with Gasteiger partial charge >= 0.3 is 78.2 Å². The van der Waals surface area contributed by atoms with Crippen LogP contribution in [-0.4, -0.2) is 0 Å². The van der Waals surface area contributed by atoms with Crippen LogP contribution in [0.5, 0.6) is 0 Å². The molecule has 0 aliphatic rings. The largest absolute Gasteiger partial charge is 4.00 e. The molecule has 0 saturated heterocycles. The molecule has 0 fully saturated rings. The Morgan fingerprint density at radius 2 is 1.00 bits per heavy atom. The van der Waals surface area contributed by atoms with Crippen LogP contribution in [-0.2, 0) is 83.7 Å². The maximum Gasteiger partial charge on any atom is 4.00 e. The first kappa shape index (κ1) is 51.6. The molecule has 5 heteroatoms. The molecule has 0 amide bonds. The van der Waals surface area contributed by atoms with E-state index in [1.807, 2.05) is 0 Å². The van der Waals surface area contributed by atoms with Crippen molar-refractivity contribution in [2.45, 2.75) is 0 Å². The zero-order chi connectivity index (χ0) is 0. The monoisotopic (exact) mass is 290 g/mol. The van der Waals surface area contributed by atoms with Gasteiger partial charge in [0.25, 0.3) is 0 Å². The first-order valence-electron chi connectivity index (χ1n) is 0. The molecule has 0 aliphatic carbocycles. The van der Waals surface area contributed by atoms with Gasteiger partial charge in [-0.2, -0.15) is 0 Å². The van der Waals surface area contributed by atoms with E-state index in [2.05, 4.69) is 0 Å². The Balaban J connectivity index is 0. The summed E-state index contributed by atoms with van der Waals surface area (Å²) < 4.78 is 0. The summed E-state index contributed by atoms with van der Waals surface area (Å²) in [5.41, 5.74) is 0. The van der Waals surface area contributed by atoms with Gasteiger partial charge in [0.1, 0.15) is 0 Å². The standard InChI is InChI=1S/Ag.Cu.Fe.O.Ti/q+1;2*+2;-2;+4. The van der Waals surface area contributed by atoms with E-state index in [9.17, 15) is 0 Å². The van der Waals surface area contributed by atoms with Gasteiger partial charge in [0, 0.05) is 0 Å². The Morgan fingerprint density at radius 3 is 1.00 bits per heavy atom. The van der Waals surface area contributed by atoms with Gasteiger partial charge < -0.3 is 5.48 Å². The predicted molar refractivity (Wildman–Crippen MR) is 0.686 cm³/mol. The molecule has 0 aromatic rings. The summed E-state index contributed by atoms with van der Waals surface area (Å²) in [4.78, 5) is 0. The molecule has 0 unspecified atom stereocenters. The van der Waals surface area contributed by atoms with Crippen molar-refractivity contribution in [2.75, 3.05) is 0 Å². The maximum atomic E-state index is 0. The molecular formula is AgCuFeOTi+7. The summed E-state index contributed by atoms with van der Waals surface area (Å²) >= 11 is 0. The molecule has 5 heavy (non-hydrogen) atoms. The maximum absolute atomic E-state index is 0. The first-order valence-corrected chi connectivity index (χ1v) is 0. The van der Waals surface area contributed by atoms with Crippen molar-refractivity contribution < 1.29 is 83.7 Å². The molecule has 0 rings (SSSR count). The van der Waals surface area contributed by atoms with E-state index in [0.29, 0.717) is 0 Å². The van der Waals surface area contributed by atoms with Crippen molar-refractivity contribution in [3.05, 3.63) is 0 Å². The van der Waals surface area contributed by atoms with Crippen LogP contribution < -0.4 is 0 Å².